The van der Waals surface area contributed by atoms with Gasteiger partial charge < -0.3 is 9.84 Å². The molecule has 0 amide bonds. The number of hydrogen-bond donors (Lipinski definition) is 1. The normalized spacial score (nSPS) is 15.1. The maximum atomic E-state index is 10.7. The van der Waals surface area contributed by atoms with E-state index < -0.39 is 6.10 Å². The molecule has 1 aromatic carbocycles. The number of allylic oxidation sites excluding steroid dienone is 1. The van der Waals surface area contributed by atoms with E-state index in [0.29, 0.717) is 11.8 Å². The molecule has 124 valence electrons. The van der Waals surface area contributed by atoms with E-state index in [2.05, 4.69) is 25.4 Å². The van der Waals surface area contributed by atoms with Crippen LogP contribution in [0.15, 0.2) is 43.1 Å². The average Bonchev–Trinajstić information content (AvgIpc) is 2.60. The van der Waals surface area contributed by atoms with Crippen molar-refractivity contribution in [2.45, 2.75) is 39.2 Å². The van der Waals surface area contributed by atoms with Gasteiger partial charge in [0.05, 0.1) is 18.7 Å². The van der Waals surface area contributed by atoms with Crippen LogP contribution in [0.1, 0.15) is 44.8 Å². The van der Waals surface area contributed by atoms with Gasteiger partial charge in [0.15, 0.2) is 0 Å². The van der Waals surface area contributed by atoms with Crippen molar-refractivity contribution < 1.29 is 9.84 Å². The number of pyridine rings is 1. The lowest BCUT2D eigenvalue weighted by Crippen LogP contribution is -2.10. The average molecular weight is 313 g/mol. The van der Waals surface area contributed by atoms with E-state index in [0.717, 1.165) is 41.5 Å². The number of aliphatic hydroxyl groups is 1. The van der Waals surface area contributed by atoms with Gasteiger partial charge in [0.1, 0.15) is 5.75 Å². The lowest BCUT2D eigenvalue weighted by atomic mass is 9.86. The van der Waals surface area contributed by atoms with Crippen molar-refractivity contribution in [1.82, 2.24) is 4.98 Å². The molecule has 3 heteroatoms. The van der Waals surface area contributed by atoms with Crippen LogP contribution in [0.2, 0.25) is 0 Å². The molecular formula is C20H27NO2. The van der Waals surface area contributed by atoms with E-state index >= 15 is 0 Å². The quantitative estimate of drug-likeness (QED) is 0.704. The van der Waals surface area contributed by atoms with Crippen LogP contribution in [-0.2, 0) is 0 Å². The second kappa shape index (κ2) is 8.11. The van der Waals surface area contributed by atoms with Crippen molar-refractivity contribution in [2.24, 2.45) is 11.8 Å². The van der Waals surface area contributed by atoms with Crippen molar-refractivity contribution in [2.75, 3.05) is 7.11 Å². The number of benzene rings is 1. The van der Waals surface area contributed by atoms with Gasteiger partial charge in [-0.15, -0.1) is 6.58 Å². The van der Waals surface area contributed by atoms with Gasteiger partial charge in [-0.05, 0) is 54.5 Å². The molecule has 0 radical (unpaired) electrons. The zero-order valence-corrected chi connectivity index (χ0v) is 14.3. The van der Waals surface area contributed by atoms with E-state index in [1.807, 2.05) is 30.3 Å². The highest BCUT2D eigenvalue weighted by molar-refractivity contribution is 5.83. The summed E-state index contributed by atoms with van der Waals surface area (Å²) in [7, 11) is 1.65. The van der Waals surface area contributed by atoms with E-state index in [1.54, 1.807) is 13.3 Å². The molecule has 3 nitrogen and oxygen atoms in total. The summed E-state index contributed by atoms with van der Waals surface area (Å²) in [5.74, 6) is 1.82. The second-order valence-corrected chi connectivity index (χ2v) is 6.14. The van der Waals surface area contributed by atoms with Gasteiger partial charge in [-0.2, -0.15) is 0 Å². The molecule has 0 aliphatic rings. The molecule has 0 aliphatic heterocycles. The predicted molar refractivity (Wildman–Crippen MR) is 95.6 cm³/mol. The number of aliphatic hydroxyl groups excluding tert-OH is 1. The summed E-state index contributed by atoms with van der Waals surface area (Å²) in [6.07, 6.45) is 6.11. The third kappa shape index (κ3) is 4.11. The molecule has 3 atom stereocenters. The molecule has 1 N–H and O–H groups in total. The number of methoxy groups -OCH3 is 1. The van der Waals surface area contributed by atoms with Gasteiger partial charge >= 0.3 is 0 Å². The van der Waals surface area contributed by atoms with Crippen molar-refractivity contribution in [3.8, 4) is 5.75 Å². The minimum Gasteiger partial charge on any atom is -0.497 e. The summed E-state index contributed by atoms with van der Waals surface area (Å²) in [6.45, 7) is 8.28. The molecule has 0 aliphatic carbocycles. The highest BCUT2D eigenvalue weighted by atomic mass is 16.5. The van der Waals surface area contributed by atoms with Crippen LogP contribution in [0.3, 0.4) is 0 Å². The van der Waals surface area contributed by atoms with Crippen LogP contribution in [0.4, 0.5) is 0 Å². The van der Waals surface area contributed by atoms with Crippen LogP contribution < -0.4 is 4.74 Å². The molecule has 0 saturated heterocycles. The van der Waals surface area contributed by atoms with Crippen molar-refractivity contribution >= 4 is 10.9 Å². The summed E-state index contributed by atoms with van der Waals surface area (Å²) in [4.78, 5) is 4.37. The highest BCUT2D eigenvalue weighted by Gasteiger charge is 2.17. The fourth-order valence-corrected chi connectivity index (χ4v) is 3.12. The van der Waals surface area contributed by atoms with E-state index in [9.17, 15) is 5.11 Å². The lowest BCUT2D eigenvalue weighted by Gasteiger charge is -2.22. The van der Waals surface area contributed by atoms with Crippen LogP contribution >= 0.6 is 0 Å². The third-order valence-electron chi connectivity index (χ3n) is 4.79. The summed E-state index contributed by atoms with van der Waals surface area (Å²) >= 11 is 0. The Morgan fingerprint density at radius 3 is 2.74 bits per heavy atom. The number of aromatic nitrogens is 1. The number of nitrogens with zero attached hydrogens (tertiary/aromatic N) is 1. The van der Waals surface area contributed by atoms with E-state index in [-0.39, 0.29) is 0 Å². The molecule has 0 saturated carbocycles. The van der Waals surface area contributed by atoms with Crippen molar-refractivity contribution in [3.63, 3.8) is 0 Å². The van der Waals surface area contributed by atoms with Crippen LogP contribution in [0.5, 0.6) is 5.75 Å². The molecule has 0 bridgehead atoms. The minimum atomic E-state index is -0.487. The Morgan fingerprint density at radius 1 is 1.30 bits per heavy atom. The minimum absolute atomic E-state index is 0.474. The van der Waals surface area contributed by atoms with Crippen molar-refractivity contribution in [3.05, 3.63) is 48.7 Å². The molecule has 2 unspecified atom stereocenters. The van der Waals surface area contributed by atoms with Gasteiger partial charge in [-0.25, -0.2) is 0 Å². The number of ether oxygens (including phenoxy) is 1. The maximum Gasteiger partial charge on any atom is 0.119 e. The molecule has 2 rings (SSSR count). The monoisotopic (exact) mass is 313 g/mol. The van der Waals surface area contributed by atoms with Crippen LogP contribution in [0, 0.1) is 11.8 Å². The predicted octanol–water partition coefficient (Wildman–Crippen LogP) is 4.91. The SMILES string of the molecule is C=CC(C)C(CC)CC[C@H](O)c1ccnc2ccc(OC)cc12. The zero-order chi connectivity index (χ0) is 16.8. The number of rotatable bonds is 8. The Bertz CT molecular complexity index is 653. The second-order valence-electron chi connectivity index (χ2n) is 6.14. The first-order valence-corrected chi connectivity index (χ1v) is 8.34. The fourth-order valence-electron chi connectivity index (χ4n) is 3.12. The maximum absolute atomic E-state index is 10.7. The molecule has 0 spiro atoms. The first-order chi connectivity index (χ1) is 11.1. The molecule has 2 aromatic rings. The molecular weight excluding hydrogens is 286 g/mol. The Labute approximate surface area is 139 Å². The smallest absolute Gasteiger partial charge is 0.119 e. The van der Waals surface area contributed by atoms with Gasteiger partial charge in [0, 0.05) is 11.6 Å². The van der Waals surface area contributed by atoms with Gasteiger partial charge in [0.25, 0.3) is 0 Å². The Hall–Kier alpha value is -1.87. The molecule has 1 aromatic heterocycles. The number of hydrogen-bond acceptors (Lipinski definition) is 3. The largest absolute Gasteiger partial charge is 0.497 e. The topological polar surface area (TPSA) is 42.4 Å². The summed E-state index contributed by atoms with van der Waals surface area (Å²) in [5.41, 5.74) is 1.81. The summed E-state index contributed by atoms with van der Waals surface area (Å²) in [5, 5.41) is 11.6. The summed E-state index contributed by atoms with van der Waals surface area (Å²) < 4.78 is 5.30. The van der Waals surface area contributed by atoms with E-state index in [1.165, 1.54) is 0 Å². The first-order valence-electron chi connectivity index (χ1n) is 8.34. The Morgan fingerprint density at radius 2 is 2.09 bits per heavy atom. The van der Waals surface area contributed by atoms with Gasteiger partial charge in [0.2, 0.25) is 0 Å². The zero-order valence-electron chi connectivity index (χ0n) is 14.3. The van der Waals surface area contributed by atoms with E-state index in [4.69, 9.17) is 4.74 Å². The Kier molecular flexibility index (Phi) is 6.17. The van der Waals surface area contributed by atoms with Gasteiger partial charge in [-0.3, -0.25) is 4.98 Å². The van der Waals surface area contributed by atoms with Crippen LogP contribution in [-0.4, -0.2) is 17.2 Å². The highest BCUT2D eigenvalue weighted by Crippen LogP contribution is 2.31. The Balaban J connectivity index is 2.20. The van der Waals surface area contributed by atoms with Crippen molar-refractivity contribution in [1.29, 1.82) is 0 Å². The number of fused-ring (bicyclic) bond motifs is 1. The molecule has 1 heterocycles. The lowest BCUT2D eigenvalue weighted by molar-refractivity contribution is 0.153. The third-order valence-corrected chi connectivity index (χ3v) is 4.79. The first kappa shape index (κ1) is 17.5. The van der Waals surface area contributed by atoms with Gasteiger partial charge in [-0.1, -0.05) is 26.3 Å². The molecule has 23 heavy (non-hydrogen) atoms. The van der Waals surface area contributed by atoms with Crippen LogP contribution in [0.25, 0.3) is 10.9 Å². The standard InChI is InChI=1S/C20H27NO2/c1-5-14(3)15(6-2)7-10-20(22)17-11-12-21-19-9-8-16(23-4)13-18(17)19/h5,8-9,11-15,20,22H,1,6-7,10H2,2-4H3/t14?,15?,20-/m0/s1. The molecule has 0 fully saturated rings. The fraction of sp³-hybridized carbons (Fsp3) is 0.450. The summed E-state index contributed by atoms with van der Waals surface area (Å²) in [6, 6.07) is 7.68.